The Labute approximate surface area is 127 Å². The molecule has 1 aliphatic rings. The van der Waals surface area contributed by atoms with Crippen LogP contribution in [0.2, 0.25) is 0 Å². The molecule has 0 spiro atoms. The van der Waals surface area contributed by atoms with Gasteiger partial charge in [-0.15, -0.1) is 0 Å². The molecule has 0 aromatic carbocycles. The van der Waals surface area contributed by atoms with Crippen molar-refractivity contribution in [3.63, 3.8) is 0 Å². The number of nitrogens with one attached hydrogen (secondary N) is 1. The smallest absolute Gasteiger partial charge is 0.224 e. The molecule has 1 fully saturated rings. The van der Waals surface area contributed by atoms with Gasteiger partial charge in [-0.3, -0.25) is 4.79 Å². The summed E-state index contributed by atoms with van der Waals surface area (Å²) in [4.78, 5) is 22.9. The first-order valence-corrected chi connectivity index (χ1v) is 7.93. The number of hydrogen-bond donors (Lipinski definition) is 1. The van der Waals surface area contributed by atoms with Crippen molar-refractivity contribution in [2.45, 2.75) is 52.4 Å². The number of likely N-dealkylation sites (tertiary alicyclic amines) is 1. The summed E-state index contributed by atoms with van der Waals surface area (Å²) in [6, 6.07) is 2.01. The Morgan fingerprint density at radius 2 is 2.00 bits per heavy atom. The Hall–Kier alpha value is -1.65. The van der Waals surface area contributed by atoms with E-state index < -0.39 is 0 Å². The Morgan fingerprint density at radius 3 is 2.67 bits per heavy atom. The molecule has 0 aliphatic carbocycles. The minimum absolute atomic E-state index is 0.235. The quantitative estimate of drug-likeness (QED) is 0.906. The van der Waals surface area contributed by atoms with Crippen LogP contribution in [0.15, 0.2) is 6.07 Å². The van der Waals surface area contributed by atoms with E-state index >= 15 is 0 Å². The van der Waals surface area contributed by atoms with Crippen LogP contribution in [0.25, 0.3) is 0 Å². The van der Waals surface area contributed by atoms with Gasteiger partial charge >= 0.3 is 0 Å². The van der Waals surface area contributed by atoms with Gasteiger partial charge in [-0.2, -0.15) is 0 Å². The third kappa shape index (κ3) is 4.69. The van der Waals surface area contributed by atoms with Crippen molar-refractivity contribution < 1.29 is 4.79 Å². The normalized spacial score (nSPS) is 15.3. The Bertz CT molecular complexity index is 481. The van der Waals surface area contributed by atoms with Crippen molar-refractivity contribution in [3.8, 4) is 0 Å². The number of aromatic nitrogens is 2. The van der Waals surface area contributed by atoms with Crippen LogP contribution in [-0.4, -0.2) is 40.4 Å². The Morgan fingerprint density at radius 1 is 1.29 bits per heavy atom. The Kier molecular flexibility index (Phi) is 5.53. The van der Waals surface area contributed by atoms with Gasteiger partial charge in [-0.05, 0) is 38.2 Å². The Balaban J connectivity index is 1.84. The highest BCUT2D eigenvalue weighted by Gasteiger charge is 2.15. The van der Waals surface area contributed by atoms with Crippen molar-refractivity contribution in [1.82, 2.24) is 14.9 Å². The van der Waals surface area contributed by atoms with E-state index in [4.69, 9.17) is 0 Å². The zero-order valence-electron chi connectivity index (χ0n) is 13.4. The van der Waals surface area contributed by atoms with Crippen molar-refractivity contribution >= 4 is 11.9 Å². The van der Waals surface area contributed by atoms with Crippen LogP contribution in [0.4, 0.5) is 5.95 Å². The average molecular weight is 290 g/mol. The number of piperidine rings is 1. The molecular weight excluding hydrogens is 264 g/mol. The van der Waals surface area contributed by atoms with Crippen LogP contribution in [0.3, 0.4) is 0 Å². The first kappa shape index (κ1) is 15.7. The number of hydrogen-bond acceptors (Lipinski definition) is 4. The molecule has 0 unspecified atom stereocenters. The van der Waals surface area contributed by atoms with Crippen molar-refractivity contribution in [3.05, 3.63) is 17.5 Å². The zero-order valence-corrected chi connectivity index (χ0v) is 13.4. The maximum Gasteiger partial charge on any atom is 0.224 e. The molecule has 0 atom stereocenters. The summed E-state index contributed by atoms with van der Waals surface area (Å²) in [6.07, 6.45) is 4.03. The predicted octanol–water partition coefficient (Wildman–Crippen LogP) is 2.72. The first-order valence-electron chi connectivity index (χ1n) is 7.93. The van der Waals surface area contributed by atoms with Crippen LogP contribution < -0.4 is 5.32 Å². The fraction of sp³-hybridized carbons (Fsp3) is 0.688. The highest BCUT2D eigenvalue weighted by atomic mass is 16.2. The molecule has 0 bridgehead atoms. The van der Waals surface area contributed by atoms with Crippen molar-refractivity contribution in [2.24, 2.45) is 0 Å². The van der Waals surface area contributed by atoms with E-state index in [0.717, 1.165) is 37.3 Å². The molecule has 21 heavy (non-hydrogen) atoms. The molecular formula is C16H26N4O. The molecule has 116 valence electrons. The van der Waals surface area contributed by atoms with E-state index in [1.165, 1.54) is 6.42 Å². The lowest BCUT2D eigenvalue weighted by Gasteiger charge is -2.26. The average Bonchev–Trinajstić information content (AvgIpc) is 2.47. The highest BCUT2D eigenvalue weighted by Crippen LogP contribution is 2.14. The lowest BCUT2D eigenvalue weighted by Crippen LogP contribution is -2.36. The summed E-state index contributed by atoms with van der Waals surface area (Å²) in [5.41, 5.74) is 1.99. The van der Waals surface area contributed by atoms with E-state index in [1.807, 2.05) is 17.9 Å². The second-order valence-electron chi connectivity index (χ2n) is 6.03. The van der Waals surface area contributed by atoms with Gasteiger partial charge in [-0.1, -0.05) is 13.8 Å². The molecule has 1 aliphatic heterocycles. The minimum atomic E-state index is 0.235. The van der Waals surface area contributed by atoms with Gasteiger partial charge in [0.2, 0.25) is 11.9 Å². The number of aryl methyl sites for hydroxylation is 1. The SMILES string of the molecule is Cc1cc(C(C)C)nc(NCCC(=O)N2CCCCC2)n1. The van der Waals surface area contributed by atoms with Crippen LogP contribution >= 0.6 is 0 Å². The molecule has 1 amide bonds. The topological polar surface area (TPSA) is 58.1 Å². The summed E-state index contributed by atoms with van der Waals surface area (Å²) in [5, 5.41) is 3.18. The van der Waals surface area contributed by atoms with Gasteiger partial charge in [0.15, 0.2) is 0 Å². The third-order valence-electron chi connectivity index (χ3n) is 3.80. The summed E-state index contributed by atoms with van der Waals surface area (Å²) in [6.45, 7) is 8.62. The van der Waals surface area contributed by atoms with Crippen LogP contribution in [0, 0.1) is 6.92 Å². The molecule has 2 rings (SSSR count). The lowest BCUT2D eigenvalue weighted by molar-refractivity contribution is -0.131. The molecule has 1 N–H and O–H groups in total. The van der Waals surface area contributed by atoms with Gasteiger partial charge in [0.05, 0.1) is 0 Å². The molecule has 1 aromatic rings. The molecule has 2 heterocycles. The third-order valence-corrected chi connectivity index (χ3v) is 3.80. The van der Waals surface area contributed by atoms with Gasteiger partial charge in [0, 0.05) is 37.4 Å². The summed E-state index contributed by atoms with van der Waals surface area (Å²) in [5.74, 6) is 1.24. The maximum absolute atomic E-state index is 12.1. The van der Waals surface area contributed by atoms with Gasteiger partial charge in [-0.25, -0.2) is 9.97 Å². The predicted molar refractivity (Wildman–Crippen MR) is 84.4 cm³/mol. The lowest BCUT2D eigenvalue weighted by atomic mass is 10.1. The number of anilines is 1. The van der Waals surface area contributed by atoms with Crippen LogP contribution in [0.5, 0.6) is 0 Å². The molecule has 5 heteroatoms. The van der Waals surface area contributed by atoms with E-state index in [2.05, 4.69) is 29.1 Å². The summed E-state index contributed by atoms with van der Waals surface area (Å²) >= 11 is 0. The van der Waals surface area contributed by atoms with Crippen LogP contribution in [-0.2, 0) is 4.79 Å². The number of rotatable bonds is 5. The summed E-state index contributed by atoms with van der Waals surface area (Å²) in [7, 11) is 0. The molecule has 0 saturated carbocycles. The van der Waals surface area contributed by atoms with E-state index in [-0.39, 0.29) is 5.91 Å². The standard InChI is InChI=1S/C16H26N4O/c1-12(2)14-11-13(3)18-16(19-14)17-8-7-15(21)20-9-5-4-6-10-20/h11-12H,4-10H2,1-3H3,(H,17,18,19). The van der Waals surface area contributed by atoms with E-state index in [1.54, 1.807) is 0 Å². The molecule has 5 nitrogen and oxygen atoms in total. The van der Waals surface area contributed by atoms with Crippen molar-refractivity contribution in [1.29, 1.82) is 0 Å². The summed E-state index contributed by atoms with van der Waals surface area (Å²) < 4.78 is 0. The fourth-order valence-corrected chi connectivity index (χ4v) is 2.55. The monoisotopic (exact) mass is 290 g/mol. The van der Waals surface area contributed by atoms with Crippen LogP contribution in [0.1, 0.15) is 56.8 Å². The number of carbonyl (C=O) groups excluding carboxylic acids is 1. The minimum Gasteiger partial charge on any atom is -0.354 e. The number of nitrogens with zero attached hydrogens (tertiary/aromatic N) is 3. The largest absolute Gasteiger partial charge is 0.354 e. The maximum atomic E-state index is 12.1. The highest BCUT2D eigenvalue weighted by molar-refractivity contribution is 5.76. The number of carbonyl (C=O) groups is 1. The second-order valence-corrected chi connectivity index (χ2v) is 6.03. The molecule has 1 saturated heterocycles. The fourth-order valence-electron chi connectivity index (χ4n) is 2.55. The van der Waals surface area contributed by atoms with Gasteiger partial charge in [0.25, 0.3) is 0 Å². The number of amides is 1. The molecule has 0 radical (unpaired) electrons. The first-order chi connectivity index (χ1) is 10.1. The van der Waals surface area contributed by atoms with Gasteiger partial charge in [0.1, 0.15) is 0 Å². The van der Waals surface area contributed by atoms with E-state index in [0.29, 0.717) is 24.8 Å². The zero-order chi connectivity index (χ0) is 15.2. The van der Waals surface area contributed by atoms with Crippen molar-refractivity contribution in [2.75, 3.05) is 25.0 Å². The van der Waals surface area contributed by atoms with E-state index in [9.17, 15) is 4.79 Å². The van der Waals surface area contributed by atoms with Gasteiger partial charge < -0.3 is 10.2 Å². The molecule has 1 aromatic heterocycles. The second kappa shape index (κ2) is 7.38.